The highest BCUT2D eigenvalue weighted by Crippen LogP contribution is 2.30. The molecule has 5 rings (SSSR count). The molecule has 1 N–H and O–H groups in total. The molecule has 2 heterocycles. The van der Waals surface area contributed by atoms with Gasteiger partial charge in [-0.15, -0.1) is 0 Å². The van der Waals surface area contributed by atoms with Crippen molar-refractivity contribution in [2.24, 2.45) is 0 Å². The van der Waals surface area contributed by atoms with Crippen LogP contribution in [0.25, 0.3) is 38.1 Å². The van der Waals surface area contributed by atoms with E-state index in [1.165, 1.54) is 5.56 Å². The highest BCUT2D eigenvalue weighted by molar-refractivity contribution is 5.96. The molecular weight excluding hydrogens is 486 g/mol. The molecule has 0 aliphatic rings. The number of aryl methyl sites for hydroxylation is 3. The minimum absolute atomic E-state index is 0.154. The number of aromatic amines is 1. The second-order valence-corrected chi connectivity index (χ2v) is 9.78. The number of carbonyl (C=O) groups is 1. The van der Waals surface area contributed by atoms with Crippen LogP contribution in [0, 0.1) is 27.3 Å². The SMILES string of the molecule is [C-]#[N+]c1c(C)cc(-c2ccc(-c3ccc4cc(C(=O)OCC)[nH]c4c3)cc2)n(Cc2ccc(C)cc2C)c1=O. The number of fused-ring (bicyclic) bond motifs is 1. The number of rotatable bonds is 6. The van der Waals surface area contributed by atoms with Gasteiger partial charge in [-0.1, -0.05) is 60.2 Å². The van der Waals surface area contributed by atoms with Gasteiger partial charge in [0.15, 0.2) is 0 Å². The van der Waals surface area contributed by atoms with Crippen molar-refractivity contribution < 1.29 is 9.53 Å². The molecule has 6 heteroatoms. The van der Waals surface area contributed by atoms with Crippen molar-refractivity contribution in [3.8, 4) is 22.4 Å². The number of hydrogen-bond acceptors (Lipinski definition) is 3. The Bertz CT molecular complexity index is 1820. The van der Waals surface area contributed by atoms with Crippen LogP contribution in [0.1, 0.15) is 39.7 Å². The van der Waals surface area contributed by atoms with E-state index in [-0.39, 0.29) is 17.2 Å². The van der Waals surface area contributed by atoms with Crippen molar-refractivity contribution in [1.82, 2.24) is 9.55 Å². The molecule has 0 saturated heterocycles. The van der Waals surface area contributed by atoms with E-state index in [0.717, 1.165) is 44.4 Å². The lowest BCUT2D eigenvalue weighted by molar-refractivity contribution is 0.0520. The fraction of sp³-hybridized carbons (Fsp3) is 0.182. The van der Waals surface area contributed by atoms with Gasteiger partial charge in [0.1, 0.15) is 5.69 Å². The van der Waals surface area contributed by atoms with Crippen LogP contribution in [0.5, 0.6) is 0 Å². The Morgan fingerprint density at radius 1 is 0.897 bits per heavy atom. The monoisotopic (exact) mass is 515 g/mol. The molecule has 5 aromatic rings. The van der Waals surface area contributed by atoms with Crippen LogP contribution in [-0.2, 0) is 11.3 Å². The van der Waals surface area contributed by atoms with Crippen LogP contribution in [0.3, 0.4) is 0 Å². The lowest BCUT2D eigenvalue weighted by Crippen LogP contribution is -2.23. The van der Waals surface area contributed by atoms with Gasteiger partial charge in [-0.25, -0.2) is 9.64 Å². The van der Waals surface area contributed by atoms with E-state index in [1.807, 2.05) is 81.4 Å². The van der Waals surface area contributed by atoms with Gasteiger partial charge in [-0.3, -0.25) is 4.79 Å². The smallest absolute Gasteiger partial charge is 0.354 e. The molecular formula is C33H29N3O3. The molecule has 0 unspecified atom stereocenters. The summed E-state index contributed by atoms with van der Waals surface area (Å²) in [6.07, 6.45) is 0. The van der Waals surface area contributed by atoms with Crippen LogP contribution in [0.2, 0.25) is 0 Å². The molecule has 194 valence electrons. The molecule has 6 nitrogen and oxygen atoms in total. The third-order valence-corrected chi connectivity index (χ3v) is 7.04. The zero-order valence-corrected chi connectivity index (χ0v) is 22.5. The molecule has 0 amide bonds. The standard InChI is InChI=1S/C33H29N3O3/c1-6-39-33(38)29-18-26-14-13-25(17-28(26)35-29)23-9-11-24(12-10-23)30-16-22(4)31(34-5)32(37)36(30)19-27-8-7-20(2)15-21(27)3/h7-18,35H,6,19H2,1-4H3. The predicted molar refractivity (Wildman–Crippen MR) is 155 cm³/mol. The van der Waals surface area contributed by atoms with E-state index in [4.69, 9.17) is 11.3 Å². The molecule has 0 aliphatic carbocycles. The summed E-state index contributed by atoms with van der Waals surface area (Å²) in [4.78, 5) is 32.2. The minimum Gasteiger partial charge on any atom is -0.461 e. The van der Waals surface area contributed by atoms with Crippen molar-refractivity contribution in [3.05, 3.63) is 123 Å². The minimum atomic E-state index is -0.369. The van der Waals surface area contributed by atoms with Crippen LogP contribution in [0.4, 0.5) is 5.69 Å². The number of nitrogens with one attached hydrogen (secondary N) is 1. The number of nitrogens with zero attached hydrogens (tertiary/aromatic N) is 2. The zero-order chi connectivity index (χ0) is 27.7. The number of aromatic nitrogens is 2. The first-order valence-electron chi connectivity index (χ1n) is 12.9. The Morgan fingerprint density at radius 2 is 1.62 bits per heavy atom. The maximum atomic E-state index is 13.4. The van der Waals surface area contributed by atoms with Gasteiger partial charge >= 0.3 is 5.97 Å². The summed E-state index contributed by atoms with van der Waals surface area (Å²) in [6, 6.07) is 24.0. The molecule has 2 aromatic heterocycles. The molecule has 0 fully saturated rings. The number of esters is 1. The lowest BCUT2D eigenvalue weighted by atomic mass is 10.00. The van der Waals surface area contributed by atoms with E-state index in [1.54, 1.807) is 17.6 Å². The van der Waals surface area contributed by atoms with Crippen molar-refractivity contribution in [1.29, 1.82) is 0 Å². The second kappa shape index (κ2) is 10.5. The maximum absolute atomic E-state index is 13.4. The number of H-pyrrole nitrogens is 1. The van der Waals surface area contributed by atoms with Crippen LogP contribution in [-0.4, -0.2) is 22.1 Å². The Kier molecular flexibility index (Phi) is 6.91. The van der Waals surface area contributed by atoms with Gasteiger partial charge < -0.3 is 14.3 Å². The first-order chi connectivity index (χ1) is 18.8. The van der Waals surface area contributed by atoms with Gasteiger partial charge in [0, 0.05) is 16.6 Å². The average molecular weight is 516 g/mol. The van der Waals surface area contributed by atoms with Crippen molar-refractivity contribution >= 4 is 22.6 Å². The molecule has 39 heavy (non-hydrogen) atoms. The van der Waals surface area contributed by atoms with Gasteiger partial charge in [-0.2, -0.15) is 0 Å². The van der Waals surface area contributed by atoms with Crippen molar-refractivity contribution in [3.63, 3.8) is 0 Å². The highest BCUT2D eigenvalue weighted by Gasteiger charge is 2.16. The topological polar surface area (TPSA) is 68.5 Å². The van der Waals surface area contributed by atoms with Gasteiger partial charge in [0.25, 0.3) is 11.2 Å². The summed E-state index contributed by atoms with van der Waals surface area (Å²) in [5.41, 5.74) is 8.82. The van der Waals surface area contributed by atoms with Crippen LogP contribution in [0.15, 0.2) is 77.6 Å². The largest absolute Gasteiger partial charge is 0.461 e. The number of ether oxygens (including phenoxy) is 1. The summed E-state index contributed by atoms with van der Waals surface area (Å²) in [6.45, 7) is 16.0. The molecule has 0 radical (unpaired) electrons. The third-order valence-electron chi connectivity index (χ3n) is 7.04. The zero-order valence-electron chi connectivity index (χ0n) is 22.5. The number of pyridine rings is 1. The summed E-state index contributed by atoms with van der Waals surface area (Å²) >= 11 is 0. The predicted octanol–water partition coefficient (Wildman–Crippen LogP) is 7.36. The Labute approximate surface area is 227 Å². The first kappa shape index (κ1) is 25.7. The van der Waals surface area contributed by atoms with E-state index < -0.39 is 0 Å². The average Bonchev–Trinajstić information content (AvgIpc) is 3.36. The summed E-state index contributed by atoms with van der Waals surface area (Å²) in [7, 11) is 0. The maximum Gasteiger partial charge on any atom is 0.354 e. The summed E-state index contributed by atoms with van der Waals surface area (Å²) in [5.74, 6) is -0.369. The number of carbonyl (C=O) groups excluding carboxylic acids is 1. The molecule has 0 bridgehead atoms. The second-order valence-electron chi connectivity index (χ2n) is 9.78. The Balaban J connectivity index is 1.53. The molecule has 3 aromatic carbocycles. The number of hydrogen-bond donors (Lipinski definition) is 1. The quantitative estimate of drug-likeness (QED) is 0.190. The first-order valence-corrected chi connectivity index (χ1v) is 12.9. The number of benzene rings is 3. The van der Waals surface area contributed by atoms with Crippen LogP contribution < -0.4 is 5.56 Å². The van der Waals surface area contributed by atoms with E-state index in [9.17, 15) is 9.59 Å². The van der Waals surface area contributed by atoms with E-state index >= 15 is 0 Å². The Morgan fingerprint density at radius 3 is 2.31 bits per heavy atom. The molecule has 0 saturated carbocycles. The fourth-order valence-electron chi connectivity index (χ4n) is 4.94. The highest BCUT2D eigenvalue weighted by atomic mass is 16.5. The summed E-state index contributed by atoms with van der Waals surface area (Å²) in [5, 5.41) is 0.934. The van der Waals surface area contributed by atoms with Crippen molar-refractivity contribution in [2.45, 2.75) is 34.2 Å². The third kappa shape index (κ3) is 4.99. The van der Waals surface area contributed by atoms with Gasteiger partial charge in [-0.05, 0) is 79.3 Å². The van der Waals surface area contributed by atoms with Crippen LogP contribution >= 0.6 is 0 Å². The van der Waals surface area contributed by atoms with E-state index in [2.05, 4.69) is 15.9 Å². The molecule has 0 atom stereocenters. The normalized spacial score (nSPS) is 10.9. The Hall–Kier alpha value is -4.89. The molecule has 0 spiro atoms. The summed E-state index contributed by atoms with van der Waals surface area (Å²) < 4.78 is 6.81. The van der Waals surface area contributed by atoms with E-state index in [0.29, 0.717) is 24.4 Å². The molecule has 0 aliphatic heterocycles. The van der Waals surface area contributed by atoms with Crippen molar-refractivity contribution in [2.75, 3.05) is 6.61 Å². The fourth-order valence-corrected chi connectivity index (χ4v) is 4.94. The van der Waals surface area contributed by atoms with Gasteiger partial charge in [0.2, 0.25) is 0 Å². The lowest BCUT2D eigenvalue weighted by Gasteiger charge is -2.17. The van der Waals surface area contributed by atoms with Gasteiger partial charge in [0.05, 0.1) is 19.7 Å².